The van der Waals surface area contributed by atoms with Gasteiger partial charge in [-0.2, -0.15) is 0 Å². The van der Waals surface area contributed by atoms with Crippen LogP contribution in [-0.2, 0) is 0 Å². The zero-order valence-electron chi connectivity index (χ0n) is 9.57. The molecular formula is C14H13N3. The fourth-order valence-electron chi connectivity index (χ4n) is 1.94. The lowest BCUT2D eigenvalue weighted by atomic mass is 10.1. The summed E-state index contributed by atoms with van der Waals surface area (Å²) in [5.41, 5.74) is 4.24. The third-order valence-corrected chi connectivity index (χ3v) is 2.79. The summed E-state index contributed by atoms with van der Waals surface area (Å²) >= 11 is 0. The van der Waals surface area contributed by atoms with Crippen molar-refractivity contribution in [3.63, 3.8) is 0 Å². The Hall–Kier alpha value is -2.29. The molecule has 3 nitrogen and oxygen atoms in total. The van der Waals surface area contributed by atoms with Gasteiger partial charge in [0.1, 0.15) is 0 Å². The van der Waals surface area contributed by atoms with E-state index in [2.05, 4.69) is 27.1 Å². The second kappa shape index (κ2) is 3.94. The molecule has 0 aliphatic rings. The highest BCUT2D eigenvalue weighted by Gasteiger charge is 2.10. The van der Waals surface area contributed by atoms with Gasteiger partial charge in [-0.15, -0.1) is 0 Å². The zero-order valence-corrected chi connectivity index (χ0v) is 9.57. The third kappa shape index (κ3) is 1.76. The molecule has 0 radical (unpaired) electrons. The van der Waals surface area contributed by atoms with Gasteiger partial charge in [0.15, 0.2) is 5.82 Å². The van der Waals surface area contributed by atoms with Crippen molar-refractivity contribution < 1.29 is 0 Å². The summed E-state index contributed by atoms with van der Waals surface area (Å²) in [6.45, 7) is 2.04. The molecule has 0 atom stereocenters. The van der Waals surface area contributed by atoms with Crippen LogP contribution >= 0.6 is 0 Å². The van der Waals surface area contributed by atoms with Crippen LogP contribution in [0.25, 0.3) is 22.8 Å². The van der Waals surface area contributed by atoms with Gasteiger partial charge in [0.2, 0.25) is 0 Å². The monoisotopic (exact) mass is 223 g/mol. The van der Waals surface area contributed by atoms with Crippen LogP contribution in [0.4, 0.5) is 0 Å². The first-order valence-electron chi connectivity index (χ1n) is 5.60. The predicted octanol–water partition coefficient (Wildman–Crippen LogP) is 3.38. The summed E-state index contributed by atoms with van der Waals surface area (Å²) in [4.78, 5) is 11.1. The van der Waals surface area contributed by atoms with E-state index in [9.17, 15) is 0 Å². The highest BCUT2D eigenvalue weighted by molar-refractivity contribution is 5.65. The van der Waals surface area contributed by atoms with E-state index in [1.807, 2.05) is 43.5 Å². The Labute approximate surface area is 99.5 Å². The molecule has 0 unspecified atom stereocenters. The molecule has 84 valence electrons. The van der Waals surface area contributed by atoms with Gasteiger partial charge in [-0.3, -0.25) is 0 Å². The number of nitrogens with zero attached hydrogens (tertiary/aromatic N) is 1. The van der Waals surface area contributed by atoms with Gasteiger partial charge in [0.25, 0.3) is 0 Å². The maximum atomic E-state index is 4.64. The fourth-order valence-corrected chi connectivity index (χ4v) is 1.94. The number of benzene rings is 1. The van der Waals surface area contributed by atoms with Crippen molar-refractivity contribution in [2.45, 2.75) is 6.92 Å². The molecular weight excluding hydrogens is 210 g/mol. The van der Waals surface area contributed by atoms with E-state index < -0.39 is 0 Å². The molecule has 0 amide bonds. The summed E-state index contributed by atoms with van der Waals surface area (Å²) in [6, 6.07) is 14.2. The standard InChI is InChI=1S/C14H13N3/c1-10-13(11-6-3-2-4-7-11)17-14(16-10)12-8-5-9-15-12/h2-9,15H,1H3,(H,16,17). The molecule has 0 saturated carbocycles. The summed E-state index contributed by atoms with van der Waals surface area (Å²) in [5, 5.41) is 0. The van der Waals surface area contributed by atoms with Crippen LogP contribution in [0.1, 0.15) is 5.69 Å². The van der Waals surface area contributed by atoms with Gasteiger partial charge in [0.05, 0.1) is 11.4 Å². The number of hydrogen-bond acceptors (Lipinski definition) is 1. The normalized spacial score (nSPS) is 10.6. The minimum Gasteiger partial charge on any atom is -0.359 e. The molecule has 3 rings (SSSR count). The quantitative estimate of drug-likeness (QED) is 0.687. The fraction of sp³-hybridized carbons (Fsp3) is 0.0714. The first-order valence-corrected chi connectivity index (χ1v) is 5.60. The molecule has 0 saturated heterocycles. The molecule has 0 spiro atoms. The Morgan fingerprint density at radius 1 is 1.00 bits per heavy atom. The summed E-state index contributed by atoms with van der Waals surface area (Å²) in [7, 11) is 0. The van der Waals surface area contributed by atoms with Crippen LogP contribution in [0.2, 0.25) is 0 Å². The lowest BCUT2D eigenvalue weighted by Gasteiger charge is -1.96. The Morgan fingerprint density at radius 2 is 1.82 bits per heavy atom. The van der Waals surface area contributed by atoms with Crippen LogP contribution in [0.3, 0.4) is 0 Å². The largest absolute Gasteiger partial charge is 0.359 e. The minimum atomic E-state index is 0.881. The smallest absolute Gasteiger partial charge is 0.154 e. The summed E-state index contributed by atoms with van der Waals surface area (Å²) < 4.78 is 0. The van der Waals surface area contributed by atoms with E-state index in [1.165, 1.54) is 0 Å². The van der Waals surface area contributed by atoms with Gasteiger partial charge in [-0.05, 0) is 19.1 Å². The molecule has 2 aromatic heterocycles. The minimum absolute atomic E-state index is 0.881. The highest BCUT2D eigenvalue weighted by atomic mass is 15.0. The van der Waals surface area contributed by atoms with E-state index in [-0.39, 0.29) is 0 Å². The van der Waals surface area contributed by atoms with Gasteiger partial charge < -0.3 is 9.97 Å². The lowest BCUT2D eigenvalue weighted by Crippen LogP contribution is -1.80. The number of aromatic nitrogens is 3. The maximum Gasteiger partial charge on any atom is 0.154 e. The predicted molar refractivity (Wildman–Crippen MR) is 68.5 cm³/mol. The van der Waals surface area contributed by atoms with Gasteiger partial charge in [-0.25, -0.2) is 4.98 Å². The number of imidazole rings is 1. The van der Waals surface area contributed by atoms with E-state index in [1.54, 1.807) is 0 Å². The van der Waals surface area contributed by atoms with E-state index in [4.69, 9.17) is 0 Å². The second-order valence-electron chi connectivity index (χ2n) is 4.01. The van der Waals surface area contributed by atoms with E-state index in [0.717, 1.165) is 28.5 Å². The van der Waals surface area contributed by atoms with Gasteiger partial charge >= 0.3 is 0 Å². The average molecular weight is 223 g/mol. The molecule has 2 heterocycles. The zero-order chi connectivity index (χ0) is 11.7. The van der Waals surface area contributed by atoms with Crippen molar-refractivity contribution in [1.29, 1.82) is 0 Å². The van der Waals surface area contributed by atoms with Gasteiger partial charge in [-0.1, -0.05) is 30.3 Å². The first-order chi connectivity index (χ1) is 8.34. The van der Waals surface area contributed by atoms with Crippen LogP contribution in [-0.4, -0.2) is 15.0 Å². The van der Waals surface area contributed by atoms with Crippen LogP contribution < -0.4 is 0 Å². The molecule has 3 aromatic rings. The molecule has 2 N–H and O–H groups in total. The number of nitrogens with one attached hydrogen (secondary N) is 2. The molecule has 17 heavy (non-hydrogen) atoms. The molecule has 0 fully saturated rings. The van der Waals surface area contributed by atoms with Crippen molar-refractivity contribution in [1.82, 2.24) is 15.0 Å². The Bertz CT molecular complexity index is 606. The van der Waals surface area contributed by atoms with Crippen LogP contribution in [0.15, 0.2) is 48.7 Å². The van der Waals surface area contributed by atoms with Crippen LogP contribution in [0.5, 0.6) is 0 Å². The van der Waals surface area contributed by atoms with Crippen molar-refractivity contribution in [2.24, 2.45) is 0 Å². The Kier molecular flexibility index (Phi) is 2.29. The average Bonchev–Trinajstić information content (AvgIpc) is 2.99. The number of aryl methyl sites for hydroxylation is 1. The lowest BCUT2D eigenvalue weighted by molar-refractivity contribution is 1.22. The maximum absolute atomic E-state index is 4.64. The van der Waals surface area contributed by atoms with E-state index in [0.29, 0.717) is 0 Å². The molecule has 1 aromatic carbocycles. The topological polar surface area (TPSA) is 44.5 Å². The number of H-pyrrole nitrogens is 2. The second-order valence-corrected chi connectivity index (χ2v) is 4.01. The van der Waals surface area contributed by atoms with E-state index >= 15 is 0 Å². The number of rotatable bonds is 2. The van der Waals surface area contributed by atoms with Crippen molar-refractivity contribution in [3.8, 4) is 22.8 Å². The van der Waals surface area contributed by atoms with Crippen molar-refractivity contribution in [3.05, 3.63) is 54.4 Å². The summed E-state index contributed by atoms with van der Waals surface area (Å²) in [5.74, 6) is 0.881. The number of hydrogen-bond donors (Lipinski definition) is 2. The SMILES string of the molecule is Cc1[nH]c(-c2ccc[nH]2)nc1-c1ccccc1. The molecule has 0 aliphatic heterocycles. The number of aromatic amines is 2. The summed E-state index contributed by atoms with van der Waals surface area (Å²) in [6.07, 6.45) is 1.90. The van der Waals surface area contributed by atoms with Crippen LogP contribution in [0, 0.1) is 6.92 Å². The third-order valence-electron chi connectivity index (χ3n) is 2.79. The highest BCUT2D eigenvalue weighted by Crippen LogP contribution is 2.24. The van der Waals surface area contributed by atoms with Gasteiger partial charge in [0, 0.05) is 17.5 Å². The molecule has 0 aliphatic carbocycles. The molecule has 3 heteroatoms. The Balaban J connectivity index is 2.08. The first kappa shape index (κ1) is 9.90. The van der Waals surface area contributed by atoms with Crippen molar-refractivity contribution >= 4 is 0 Å². The Morgan fingerprint density at radius 3 is 2.53 bits per heavy atom. The molecule has 0 bridgehead atoms. The van der Waals surface area contributed by atoms with Crippen molar-refractivity contribution in [2.75, 3.05) is 0 Å².